The van der Waals surface area contributed by atoms with E-state index in [1.54, 1.807) is 6.20 Å². The Morgan fingerprint density at radius 3 is 2.34 bits per heavy atom. The lowest BCUT2D eigenvalue weighted by Crippen LogP contribution is -2.32. The summed E-state index contributed by atoms with van der Waals surface area (Å²) in [6, 6.07) is 12.4. The molecule has 0 aliphatic heterocycles. The standard InChI is InChI=1S/C28H33Cl2N7O2S.CH4/c29-22-14-23(30)16-24(15-22)40(38,39)34-18-21-8-6-20(7-9-21)17-33-28-35-26-5-2-1-4-25(26)27(36-28)32-10-3-12-37-13-11-31-19-37;/h1-2,4-5,11,13-16,19-21,34H,3,6-10,12,17-18H2,(H2,32,33,35,36);1H4. The van der Waals surface area contributed by atoms with E-state index in [-0.39, 0.29) is 18.2 Å². The Balaban J connectivity index is 0.00000387. The molecule has 0 bridgehead atoms. The number of aryl methyl sites for hydroxylation is 1. The van der Waals surface area contributed by atoms with E-state index in [2.05, 4.69) is 24.9 Å². The molecule has 0 spiro atoms. The molecule has 1 fully saturated rings. The van der Waals surface area contributed by atoms with E-state index >= 15 is 0 Å². The summed E-state index contributed by atoms with van der Waals surface area (Å²) in [7, 11) is -3.66. The van der Waals surface area contributed by atoms with Crippen molar-refractivity contribution in [1.29, 1.82) is 0 Å². The summed E-state index contributed by atoms with van der Waals surface area (Å²) in [5.74, 6) is 2.21. The fourth-order valence-corrected chi connectivity index (χ4v) is 6.89. The van der Waals surface area contributed by atoms with Crippen LogP contribution in [0.3, 0.4) is 0 Å². The maximum atomic E-state index is 12.7. The third-order valence-electron chi connectivity index (χ3n) is 7.27. The molecule has 2 heterocycles. The molecular weight excluding hydrogens is 581 g/mol. The van der Waals surface area contributed by atoms with Gasteiger partial charge in [0, 0.05) is 54.0 Å². The zero-order chi connectivity index (χ0) is 28.0. The number of aromatic nitrogens is 4. The Bertz CT molecular complexity index is 1510. The number of benzene rings is 2. The summed E-state index contributed by atoms with van der Waals surface area (Å²) >= 11 is 12.0. The van der Waals surface area contributed by atoms with Crippen LogP contribution in [-0.4, -0.2) is 47.6 Å². The van der Waals surface area contributed by atoms with Gasteiger partial charge in [0.1, 0.15) is 5.82 Å². The van der Waals surface area contributed by atoms with Gasteiger partial charge in [0.05, 0.1) is 16.7 Å². The van der Waals surface area contributed by atoms with Gasteiger partial charge in [-0.25, -0.2) is 23.1 Å². The van der Waals surface area contributed by atoms with Crippen molar-refractivity contribution in [1.82, 2.24) is 24.2 Å². The molecule has 1 aliphatic rings. The van der Waals surface area contributed by atoms with E-state index in [4.69, 9.17) is 33.2 Å². The molecule has 41 heavy (non-hydrogen) atoms. The molecule has 2 aromatic heterocycles. The van der Waals surface area contributed by atoms with Crippen molar-refractivity contribution in [2.45, 2.75) is 51.0 Å². The number of para-hydroxylation sites is 1. The van der Waals surface area contributed by atoms with Crippen molar-refractivity contribution < 1.29 is 8.42 Å². The van der Waals surface area contributed by atoms with Crippen LogP contribution in [0.15, 0.2) is 66.1 Å². The fourth-order valence-electron chi connectivity index (χ4n) is 5.05. The van der Waals surface area contributed by atoms with Gasteiger partial charge < -0.3 is 15.2 Å². The molecule has 2 aromatic carbocycles. The predicted octanol–water partition coefficient (Wildman–Crippen LogP) is 6.47. The first-order valence-corrected chi connectivity index (χ1v) is 15.8. The first-order valence-electron chi connectivity index (χ1n) is 13.5. The van der Waals surface area contributed by atoms with Crippen LogP contribution in [0.4, 0.5) is 11.8 Å². The van der Waals surface area contributed by atoms with Crippen LogP contribution in [-0.2, 0) is 16.6 Å². The Kier molecular flexibility index (Phi) is 10.8. The first kappa shape index (κ1) is 31.0. The lowest BCUT2D eigenvalue weighted by Gasteiger charge is -2.28. The summed E-state index contributed by atoms with van der Waals surface area (Å²) in [4.78, 5) is 13.7. The van der Waals surface area contributed by atoms with Gasteiger partial charge in [-0.15, -0.1) is 0 Å². The second-order valence-corrected chi connectivity index (χ2v) is 12.9. The van der Waals surface area contributed by atoms with Crippen LogP contribution >= 0.6 is 23.2 Å². The van der Waals surface area contributed by atoms with Crippen molar-refractivity contribution in [2.24, 2.45) is 11.8 Å². The maximum Gasteiger partial charge on any atom is 0.240 e. The van der Waals surface area contributed by atoms with Crippen LogP contribution in [0.5, 0.6) is 0 Å². The molecule has 0 radical (unpaired) electrons. The van der Waals surface area contributed by atoms with Gasteiger partial charge in [-0.05, 0) is 74.3 Å². The first-order chi connectivity index (χ1) is 19.4. The van der Waals surface area contributed by atoms with Crippen LogP contribution in [0.2, 0.25) is 10.0 Å². The zero-order valence-electron chi connectivity index (χ0n) is 22.1. The number of imidazole rings is 1. The number of sulfonamides is 1. The van der Waals surface area contributed by atoms with Gasteiger partial charge in [-0.1, -0.05) is 42.8 Å². The molecule has 1 aliphatic carbocycles. The predicted molar refractivity (Wildman–Crippen MR) is 167 cm³/mol. The molecule has 5 rings (SSSR count). The monoisotopic (exact) mass is 617 g/mol. The Morgan fingerprint density at radius 1 is 0.927 bits per heavy atom. The van der Waals surface area contributed by atoms with E-state index in [1.807, 2.05) is 36.8 Å². The number of hydrogen-bond donors (Lipinski definition) is 3. The van der Waals surface area contributed by atoms with Crippen LogP contribution in [0, 0.1) is 11.8 Å². The van der Waals surface area contributed by atoms with Crippen molar-refractivity contribution in [3.8, 4) is 0 Å². The van der Waals surface area contributed by atoms with Crippen LogP contribution in [0.25, 0.3) is 10.9 Å². The lowest BCUT2D eigenvalue weighted by atomic mass is 9.82. The highest BCUT2D eigenvalue weighted by Crippen LogP contribution is 2.30. The average molecular weight is 619 g/mol. The maximum absolute atomic E-state index is 12.7. The molecule has 1 saturated carbocycles. The largest absolute Gasteiger partial charge is 0.369 e. The third-order valence-corrected chi connectivity index (χ3v) is 9.11. The Hall–Kier alpha value is -2.92. The van der Waals surface area contributed by atoms with Gasteiger partial charge in [-0.3, -0.25) is 0 Å². The van der Waals surface area contributed by atoms with E-state index in [0.717, 1.165) is 68.5 Å². The van der Waals surface area contributed by atoms with Crippen molar-refractivity contribution in [3.63, 3.8) is 0 Å². The smallest absolute Gasteiger partial charge is 0.240 e. The molecule has 4 aromatic rings. The number of hydrogen-bond acceptors (Lipinski definition) is 7. The molecule has 9 nitrogen and oxygen atoms in total. The zero-order valence-corrected chi connectivity index (χ0v) is 24.4. The van der Waals surface area contributed by atoms with Gasteiger partial charge in [0.2, 0.25) is 16.0 Å². The summed E-state index contributed by atoms with van der Waals surface area (Å²) in [5, 5.41) is 8.53. The molecular formula is C29H37Cl2N7O2S. The van der Waals surface area contributed by atoms with Crippen molar-refractivity contribution in [3.05, 3.63) is 71.2 Å². The number of nitrogens with one attached hydrogen (secondary N) is 3. The number of anilines is 2. The molecule has 0 atom stereocenters. The molecule has 0 saturated heterocycles. The number of nitrogens with zero attached hydrogens (tertiary/aromatic N) is 4. The molecule has 3 N–H and O–H groups in total. The summed E-state index contributed by atoms with van der Waals surface area (Å²) < 4.78 is 30.2. The Labute approximate surface area is 252 Å². The highest BCUT2D eigenvalue weighted by molar-refractivity contribution is 7.89. The topological polar surface area (TPSA) is 114 Å². The SMILES string of the molecule is C.O=S(=O)(NCC1CCC(CNc2nc(NCCCn3ccnc3)c3ccccc3n2)CC1)c1cc(Cl)cc(Cl)c1. The second kappa shape index (κ2) is 14.3. The number of halogens is 2. The van der Waals surface area contributed by atoms with E-state index < -0.39 is 10.0 Å². The van der Waals surface area contributed by atoms with Crippen LogP contribution < -0.4 is 15.4 Å². The highest BCUT2D eigenvalue weighted by atomic mass is 35.5. The van der Waals surface area contributed by atoms with E-state index in [9.17, 15) is 8.42 Å². The summed E-state index contributed by atoms with van der Waals surface area (Å²) in [5.41, 5.74) is 0.897. The van der Waals surface area contributed by atoms with E-state index in [1.165, 1.54) is 18.2 Å². The molecule has 0 amide bonds. The minimum absolute atomic E-state index is 0. The minimum Gasteiger partial charge on any atom is -0.369 e. The lowest BCUT2D eigenvalue weighted by molar-refractivity contribution is 0.284. The van der Waals surface area contributed by atoms with Gasteiger partial charge in [0.25, 0.3) is 0 Å². The number of fused-ring (bicyclic) bond motifs is 1. The van der Waals surface area contributed by atoms with Crippen LogP contribution in [0.1, 0.15) is 39.5 Å². The van der Waals surface area contributed by atoms with Crippen molar-refractivity contribution in [2.75, 3.05) is 30.3 Å². The molecule has 12 heteroatoms. The quantitative estimate of drug-likeness (QED) is 0.156. The van der Waals surface area contributed by atoms with Gasteiger partial charge in [0.15, 0.2) is 0 Å². The highest BCUT2D eigenvalue weighted by Gasteiger charge is 2.24. The third kappa shape index (κ3) is 8.54. The fraction of sp³-hybridized carbons (Fsp3) is 0.414. The summed E-state index contributed by atoms with van der Waals surface area (Å²) in [6.07, 6.45) is 10.4. The second-order valence-electron chi connectivity index (χ2n) is 10.2. The average Bonchev–Trinajstić information content (AvgIpc) is 3.47. The van der Waals surface area contributed by atoms with E-state index in [0.29, 0.717) is 28.5 Å². The Morgan fingerprint density at radius 2 is 1.63 bits per heavy atom. The normalized spacial score (nSPS) is 17.2. The van der Waals surface area contributed by atoms with Gasteiger partial charge >= 0.3 is 0 Å². The van der Waals surface area contributed by atoms with Gasteiger partial charge in [-0.2, -0.15) is 4.98 Å². The summed E-state index contributed by atoms with van der Waals surface area (Å²) in [6.45, 7) is 2.85. The molecule has 220 valence electrons. The molecule has 0 unspecified atom stereocenters. The van der Waals surface area contributed by atoms with Crippen molar-refractivity contribution >= 4 is 55.9 Å². The minimum atomic E-state index is -3.66. The number of rotatable bonds is 12.